The molecule has 0 aliphatic rings. The summed E-state index contributed by atoms with van der Waals surface area (Å²) in [6.45, 7) is 2.25. The quantitative estimate of drug-likeness (QED) is 0.269. The van der Waals surface area contributed by atoms with Crippen LogP contribution in [0, 0.1) is 0 Å². The summed E-state index contributed by atoms with van der Waals surface area (Å²) in [6.07, 6.45) is 18.6. The number of amides is 1. The lowest BCUT2D eigenvalue weighted by Crippen LogP contribution is -2.11. The van der Waals surface area contributed by atoms with Crippen LogP contribution in [-0.2, 0) is 4.79 Å². The SMILES string of the molecule is CCCCCCCCCCCCCC=CC(=O)Nc1ccccc1C(=O)O. The number of hydrogen-bond acceptors (Lipinski definition) is 2. The number of carboxylic acid groups (broad SMARTS) is 1. The molecule has 0 aliphatic heterocycles. The van der Waals surface area contributed by atoms with E-state index in [1.54, 1.807) is 18.2 Å². The van der Waals surface area contributed by atoms with Gasteiger partial charge in [0.15, 0.2) is 0 Å². The molecule has 0 saturated carbocycles. The first-order valence-corrected chi connectivity index (χ1v) is 10.4. The van der Waals surface area contributed by atoms with Crippen LogP contribution in [-0.4, -0.2) is 17.0 Å². The van der Waals surface area contributed by atoms with Crippen LogP contribution >= 0.6 is 0 Å². The van der Waals surface area contributed by atoms with Crippen LogP contribution in [0.2, 0.25) is 0 Å². The van der Waals surface area contributed by atoms with Crippen molar-refractivity contribution in [2.24, 2.45) is 0 Å². The summed E-state index contributed by atoms with van der Waals surface area (Å²) in [4.78, 5) is 23.0. The van der Waals surface area contributed by atoms with Crippen LogP contribution in [0.4, 0.5) is 5.69 Å². The minimum Gasteiger partial charge on any atom is -0.478 e. The summed E-state index contributed by atoms with van der Waals surface area (Å²) in [5, 5.41) is 11.7. The van der Waals surface area contributed by atoms with Crippen molar-refractivity contribution in [3.05, 3.63) is 42.0 Å². The predicted octanol–water partition coefficient (Wildman–Crippen LogP) is 6.58. The topological polar surface area (TPSA) is 66.4 Å². The molecule has 0 bridgehead atoms. The van der Waals surface area contributed by atoms with Crippen LogP contribution < -0.4 is 5.32 Å². The zero-order chi connectivity index (χ0) is 19.7. The Kier molecular flexibility index (Phi) is 12.7. The van der Waals surface area contributed by atoms with Crippen LogP contribution in [0.5, 0.6) is 0 Å². The summed E-state index contributed by atoms with van der Waals surface area (Å²) in [5.74, 6) is -1.33. The van der Waals surface area contributed by atoms with E-state index in [1.165, 1.54) is 76.4 Å². The number of anilines is 1. The van der Waals surface area contributed by atoms with E-state index in [2.05, 4.69) is 12.2 Å². The van der Waals surface area contributed by atoms with Crippen molar-refractivity contribution in [1.82, 2.24) is 0 Å². The Morgan fingerprint density at radius 3 is 2.04 bits per heavy atom. The van der Waals surface area contributed by atoms with Crippen LogP contribution in [0.1, 0.15) is 94.3 Å². The molecule has 0 aliphatic carbocycles. The van der Waals surface area contributed by atoms with Gasteiger partial charge in [-0.1, -0.05) is 89.3 Å². The third kappa shape index (κ3) is 11.3. The number of nitrogens with one attached hydrogen (secondary N) is 1. The summed E-state index contributed by atoms with van der Waals surface area (Å²) in [5.41, 5.74) is 0.430. The maximum Gasteiger partial charge on any atom is 0.337 e. The first-order valence-electron chi connectivity index (χ1n) is 10.4. The smallest absolute Gasteiger partial charge is 0.337 e. The highest BCUT2D eigenvalue weighted by atomic mass is 16.4. The van der Waals surface area contributed by atoms with Gasteiger partial charge in [-0.05, 0) is 31.1 Å². The number of rotatable bonds is 15. The van der Waals surface area contributed by atoms with Crippen molar-refractivity contribution in [3.63, 3.8) is 0 Å². The van der Waals surface area contributed by atoms with Crippen molar-refractivity contribution in [2.45, 2.75) is 84.0 Å². The van der Waals surface area contributed by atoms with Gasteiger partial charge < -0.3 is 10.4 Å². The van der Waals surface area contributed by atoms with Gasteiger partial charge in [0.1, 0.15) is 0 Å². The van der Waals surface area contributed by atoms with Gasteiger partial charge >= 0.3 is 5.97 Å². The number of carbonyl (C=O) groups excluding carboxylic acids is 1. The molecule has 0 spiro atoms. The Labute approximate surface area is 164 Å². The molecule has 0 aromatic heterocycles. The van der Waals surface area contributed by atoms with Gasteiger partial charge in [0, 0.05) is 0 Å². The number of carbonyl (C=O) groups is 2. The normalized spacial score (nSPS) is 11.0. The van der Waals surface area contributed by atoms with E-state index in [-0.39, 0.29) is 11.5 Å². The molecule has 0 fully saturated rings. The van der Waals surface area contributed by atoms with Crippen molar-refractivity contribution in [2.75, 3.05) is 5.32 Å². The van der Waals surface area contributed by atoms with E-state index >= 15 is 0 Å². The van der Waals surface area contributed by atoms with E-state index in [0.29, 0.717) is 5.69 Å². The third-order valence-corrected chi connectivity index (χ3v) is 4.66. The predicted molar refractivity (Wildman–Crippen MR) is 112 cm³/mol. The molecule has 0 atom stereocenters. The molecule has 0 heterocycles. The van der Waals surface area contributed by atoms with E-state index in [1.807, 2.05) is 6.08 Å². The van der Waals surface area contributed by atoms with Crippen molar-refractivity contribution in [3.8, 4) is 0 Å². The van der Waals surface area contributed by atoms with Crippen molar-refractivity contribution in [1.29, 1.82) is 0 Å². The molecule has 150 valence electrons. The molecule has 0 radical (unpaired) electrons. The lowest BCUT2D eigenvalue weighted by molar-refractivity contribution is -0.111. The summed E-state index contributed by atoms with van der Waals surface area (Å²) >= 11 is 0. The van der Waals surface area contributed by atoms with Gasteiger partial charge in [0.05, 0.1) is 11.3 Å². The molecule has 1 amide bonds. The fourth-order valence-corrected chi connectivity index (χ4v) is 3.07. The van der Waals surface area contributed by atoms with Crippen molar-refractivity contribution < 1.29 is 14.7 Å². The zero-order valence-corrected chi connectivity index (χ0v) is 16.7. The number of unbranched alkanes of at least 4 members (excludes halogenated alkanes) is 11. The summed E-state index contributed by atoms with van der Waals surface area (Å²) < 4.78 is 0. The van der Waals surface area contributed by atoms with Gasteiger partial charge in [0.25, 0.3) is 0 Å². The lowest BCUT2D eigenvalue weighted by atomic mass is 10.1. The van der Waals surface area contributed by atoms with E-state index in [4.69, 9.17) is 5.11 Å². The van der Waals surface area contributed by atoms with Gasteiger partial charge in [-0.2, -0.15) is 0 Å². The Balaban J connectivity index is 2.06. The maximum atomic E-state index is 11.9. The fourth-order valence-electron chi connectivity index (χ4n) is 3.07. The Morgan fingerprint density at radius 2 is 1.44 bits per heavy atom. The van der Waals surface area contributed by atoms with Crippen LogP contribution in [0.3, 0.4) is 0 Å². The number of benzene rings is 1. The third-order valence-electron chi connectivity index (χ3n) is 4.66. The molecule has 1 aromatic rings. The molecule has 1 aromatic carbocycles. The maximum absolute atomic E-state index is 11.9. The number of carboxylic acids is 1. The van der Waals surface area contributed by atoms with E-state index < -0.39 is 5.97 Å². The second kappa shape index (κ2) is 15.0. The molecule has 0 saturated heterocycles. The summed E-state index contributed by atoms with van der Waals surface area (Å²) in [7, 11) is 0. The first kappa shape index (κ1) is 22.9. The minimum atomic E-state index is -1.05. The highest BCUT2D eigenvalue weighted by Gasteiger charge is 2.09. The van der Waals surface area contributed by atoms with Gasteiger partial charge in [-0.3, -0.25) is 4.79 Å². The Hall–Kier alpha value is -2.10. The molecule has 27 heavy (non-hydrogen) atoms. The first-order chi connectivity index (χ1) is 13.1. The van der Waals surface area contributed by atoms with Gasteiger partial charge in [0.2, 0.25) is 5.91 Å². The monoisotopic (exact) mass is 373 g/mol. The van der Waals surface area contributed by atoms with Crippen LogP contribution in [0.25, 0.3) is 0 Å². The highest BCUT2D eigenvalue weighted by molar-refractivity contribution is 6.04. The Morgan fingerprint density at radius 1 is 0.889 bits per heavy atom. The number of hydrogen-bond donors (Lipinski definition) is 2. The second-order valence-electron chi connectivity index (χ2n) is 7.07. The van der Waals surface area contributed by atoms with Crippen molar-refractivity contribution >= 4 is 17.6 Å². The number of aromatic carboxylic acids is 1. The lowest BCUT2D eigenvalue weighted by Gasteiger charge is -2.05. The molecule has 0 unspecified atom stereocenters. The minimum absolute atomic E-state index is 0.101. The number of para-hydroxylation sites is 1. The van der Waals surface area contributed by atoms with E-state index in [9.17, 15) is 9.59 Å². The molecule has 1 rings (SSSR count). The molecule has 4 heteroatoms. The summed E-state index contributed by atoms with van der Waals surface area (Å²) in [6, 6.07) is 6.42. The second-order valence-corrected chi connectivity index (χ2v) is 7.07. The highest BCUT2D eigenvalue weighted by Crippen LogP contribution is 2.15. The largest absolute Gasteiger partial charge is 0.478 e. The van der Waals surface area contributed by atoms with Crippen LogP contribution in [0.15, 0.2) is 36.4 Å². The fraction of sp³-hybridized carbons (Fsp3) is 0.565. The molecule has 2 N–H and O–H groups in total. The molecular weight excluding hydrogens is 338 g/mol. The van der Waals surface area contributed by atoms with E-state index in [0.717, 1.165) is 12.8 Å². The number of allylic oxidation sites excluding steroid dienone is 1. The Bertz CT molecular complexity index is 581. The zero-order valence-electron chi connectivity index (χ0n) is 16.7. The molecular formula is C23H35NO3. The average molecular weight is 374 g/mol. The van der Waals surface area contributed by atoms with Gasteiger partial charge in [-0.25, -0.2) is 4.79 Å². The standard InChI is InChI=1S/C23H35NO3/c1-2-3-4-5-6-7-8-9-10-11-12-13-14-19-22(25)24-21-18-16-15-17-20(21)23(26)27/h14-19H,2-13H2,1H3,(H,24,25)(H,26,27). The van der Waals surface area contributed by atoms with Gasteiger partial charge in [-0.15, -0.1) is 0 Å². The molecule has 4 nitrogen and oxygen atoms in total. The average Bonchev–Trinajstić information content (AvgIpc) is 2.65.